The normalized spacial score (nSPS) is 20.6. The van der Waals surface area contributed by atoms with E-state index in [1.54, 1.807) is 6.33 Å². The van der Waals surface area contributed by atoms with Crippen LogP contribution in [0.2, 0.25) is 0 Å². The second kappa shape index (κ2) is 5.00. The van der Waals surface area contributed by atoms with E-state index >= 15 is 0 Å². The van der Waals surface area contributed by atoms with E-state index in [-0.39, 0.29) is 0 Å². The Balaban J connectivity index is 1.88. The highest BCUT2D eigenvalue weighted by molar-refractivity contribution is 5.83. The first-order valence-electron chi connectivity index (χ1n) is 6.60. The Kier molecular flexibility index (Phi) is 3.20. The average Bonchev–Trinajstić information content (AvgIpc) is 2.87. The Morgan fingerprint density at radius 3 is 3.11 bits per heavy atom. The zero-order valence-electron chi connectivity index (χ0n) is 11.3. The van der Waals surface area contributed by atoms with Crippen molar-refractivity contribution in [1.82, 2.24) is 24.8 Å². The maximum Gasteiger partial charge on any atom is 0.226 e. The quantitative estimate of drug-likeness (QED) is 0.761. The molecule has 3 heterocycles. The number of anilines is 2. The molecule has 1 fully saturated rings. The number of nitrogens with one attached hydrogen (secondary N) is 3. The zero-order valence-corrected chi connectivity index (χ0v) is 11.3. The lowest BCUT2D eigenvalue weighted by molar-refractivity contribution is 0.261. The van der Waals surface area contributed by atoms with E-state index in [1.807, 2.05) is 7.05 Å². The van der Waals surface area contributed by atoms with E-state index < -0.39 is 0 Å². The predicted molar refractivity (Wildman–Crippen MR) is 75.4 cm³/mol. The van der Waals surface area contributed by atoms with Gasteiger partial charge in [0.25, 0.3) is 0 Å². The monoisotopic (exact) mass is 261 g/mol. The highest BCUT2D eigenvalue weighted by atomic mass is 15.2. The van der Waals surface area contributed by atoms with E-state index in [4.69, 9.17) is 0 Å². The van der Waals surface area contributed by atoms with Crippen molar-refractivity contribution < 1.29 is 0 Å². The molecule has 0 aromatic carbocycles. The Hall–Kier alpha value is -1.89. The topological polar surface area (TPSA) is 81.8 Å². The van der Waals surface area contributed by atoms with Gasteiger partial charge in [0, 0.05) is 19.6 Å². The van der Waals surface area contributed by atoms with Gasteiger partial charge in [-0.2, -0.15) is 9.97 Å². The fraction of sp³-hybridized carbons (Fsp3) is 0.583. The number of H-pyrrole nitrogens is 1. The standard InChI is InChI=1S/C12H19N7/c1-13-12-17-10-9(14-7-15-10)11(18-12)16-8-4-3-5-19(2)6-8/h7-8H,3-6H2,1-2H3,(H3,13,14,15,16,17,18). The Morgan fingerprint density at radius 1 is 1.42 bits per heavy atom. The highest BCUT2D eigenvalue weighted by Gasteiger charge is 2.19. The molecular formula is C12H19N7. The van der Waals surface area contributed by atoms with Crippen molar-refractivity contribution in [3.63, 3.8) is 0 Å². The van der Waals surface area contributed by atoms with Crippen LogP contribution in [0.3, 0.4) is 0 Å². The van der Waals surface area contributed by atoms with Gasteiger partial charge in [0.1, 0.15) is 5.52 Å². The molecule has 0 aliphatic carbocycles. The van der Waals surface area contributed by atoms with E-state index in [0.717, 1.165) is 17.9 Å². The number of nitrogens with zero attached hydrogens (tertiary/aromatic N) is 4. The molecule has 1 aliphatic heterocycles. The maximum atomic E-state index is 4.49. The molecule has 102 valence electrons. The number of imidazole rings is 1. The summed E-state index contributed by atoms with van der Waals surface area (Å²) < 4.78 is 0. The SMILES string of the molecule is CNc1nc(NC2CCCN(C)C2)c2[nH]cnc2n1. The molecule has 7 nitrogen and oxygen atoms in total. The smallest absolute Gasteiger partial charge is 0.226 e. The summed E-state index contributed by atoms with van der Waals surface area (Å²) in [6.45, 7) is 2.21. The second-order valence-electron chi connectivity index (χ2n) is 4.99. The fourth-order valence-electron chi connectivity index (χ4n) is 2.53. The van der Waals surface area contributed by atoms with Gasteiger partial charge in [0.15, 0.2) is 11.5 Å². The molecule has 0 saturated carbocycles. The number of likely N-dealkylation sites (tertiary alicyclic amines) is 1. The molecular weight excluding hydrogens is 242 g/mol. The fourth-order valence-corrected chi connectivity index (χ4v) is 2.53. The third-order valence-electron chi connectivity index (χ3n) is 3.47. The van der Waals surface area contributed by atoms with Crippen molar-refractivity contribution >= 4 is 22.9 Å². The van der Waals surface area contributed by atoms with Gasteiger partial charge >= 0.3 is 0 Å². The van der Waals surface area contributed by atoms with Crippen LogP contribution < -0.4 is 10.6 Å². The Bertz CT molecular complexity index is 564. The van der Waals surface area contributed by atoms with E-state index in [1.165, 1.54) is 19.4 Å². The lowest BCUT2D eigenvalue weighted by Gasteiger charge is -2.30. The summed E-state index contributed by atoms with van der Waals surface area (Å²) in [5, 5.41) is 6.48. The molecule has 0 spiro atoms. The number of fused-ring (bicyclic) bond motifs is 1. The highest BCUT2D eigenvalue weighted by Crippen LogP contribution is 2.21. The molecule has 19 heavy (non-hydrogen) atoms. The van der Waals surface area contributed by atoms with Crippen LogP contribution in [0.25, 0.3) is 11.2 Å². The molecule has 1 saturated heterocycles. The van der Waals surface area contributed by atoms with Crippen LogP contribution in [0.1, 0.15) is 12.8 Å². The third-order valence-corrected chi connectivity index (χ3v) is 3.47. The van der Waals surface area contributed by atoms with E-state index in [2.05, 4.69) is 42.5 Å². The Morgan fingerprint density at radius 2 is 2.32 bits per heavy atom. The first-order chi connectivity index (χ1) is 9.26. The van der Waals surface area contributed by atoms with Crippen molar-refractivity contribution in [2.45, 2.75) is 18.9 Å². The molecule has 1 unspecified atom stereocenters. The zero-order chi connectivity index (χ0) is 13.2. The number of piperidine rings is 1. The maximum absolute atomic E-state index is 4.49. The molecule has 7 heteroatoms. The minimum Gasteiger partial charge on any atom is -0.364 e. The van der Waals surface area contributed by atoms with Crippen LogP contribution in [0.15, 0.2) is 6.33 Å². The third kappa shape index (κ3) is 2.46. The number of hydrogen-bond acceptors (Lipinski definition) is 6. The van der Waals surface area contributed by atoms with Crippen LogP contribution in [-0.2, 0) is 0 Å². The van der Waals surface area contributed by atoms with Gasteiger partial charge in [-0.1, -0.05) is 0 Å². The molecule has 1 atom stereocenters. The molecule has 2 aromatic rings. The molecule has 0 amide bonds. The van der Waals surface area contributed by atoms with Gasteiger partial charge in [0.2, 0.25) is 5.95 Å². The minimum absolute atomic E-state index is 0.421. The number of aromatic amines is 1. The molecule has 2 aromatic heterocycles. The summed E-state index contributed by atoms with van der Waals surface area (Å²) in [5.74, 6) is 1.42. The Labute approximate surface area is 111 Å². The van der Waals surface area contributed by atoms with Crippen molar-refractivity contribution in [3.8, 4) is 0 Å². The molecule has 3 rings (SSSR count). The van der Waals surface area contributed by atoms with E-state index in [0.29, 0.717) is 17.6 Å². The van der Waals surface area contributed by atoms with Gasteiger partial charge in [-0.3, -0.25) is 0 Å². The van der Waals surface area contributed by atoms with Crippen LogP contribution in [0.4, 0.5) is 11.8 Å². The molecule has 3 N–H and O–H groups in total. The summed E-state index contributed by atoms with van der Waals surface area (Å²) in [6, 6.07) is 0.421. The number of likely N-dealkylation sites (N-methyl/N-ethyl adjacent to an activating group) is 1. The largest absolute Gasteiger partial charge is 0.364 e. The number of rotatable bonds is 3. The van der Waals surface area contributed by atoms with Crippen LogP contribution in [0, 0.1) is 0 Å². The summed E-state index contributed by atoms with van der Waals surface area (Å²) in [7, 11) is 3.96. The average molecular weight is 261 g/mol. The van der Waals surface area contributed by atoms with Crippen LogP contribution >= 0.6 is 0 Å². The minimum atomic E-state index is 0.421. The van der Waals surface area contributed by atoms with Crippen molar-refractivity contribution in [1.29, 1.82) is 0 Å². The lowest BCUT2D eigenvalue weighted by atomic mass is 10.1. The number of hydrogen-bond donors (Lipinski definition) is 3. The van der Waals surface area contributed by atoms with Gasteiger partial charge < -0.3 is 20.5 Å². The summed E-state index contributed by atoms with van der Waals surface area (Å²) in [5.41, 5.74) is 1.55. The van der Waals surface area contributed by atoms with Crippen LogP contribution in [0.5, 0.6) is 0 Å². The molecule has 0 bridgehead atoms. The predicted octanol–water partition coefficient (Wildman–Crippen LogP) is 0.901. The van der Waals surface area contributed by atoms with Gasteiger partial charge in [-0.15, -0.1) is 0 Å². The van der Waals surface area contributed by atoms with Crippen LogP contribution in [-0.4, -0.2) is 58.1 Å². The summed E-state index contributed by atoms with van der Waals surface area (Å²) >= 11 is 0. The van der Waals surface area contributed by atoms with Gasteiger partial charge in [-0.25, -0.2) is 4.98 Å². The van der Waals surface area contributed by atoms with Crippen molar-refractivity contribution in [3.05, 3.63) is 6.33 Å². The van der Waals surface area contributed by atoms with Crippen molar-refractivity contribution in [2.24, 2.45) is 0 Å². The van der Waals surface area contributed by atoms with E-state index in [9.17, 15) is 0 Å². The lowest BCUT2D eigenvalue weighted by Crippen LogP contribution is -2.40. The first-order valence-corrected chi connectivity index (χ1v) is 6.60. The molecule has 0 radical (unpaired) electrons. The van der Waals surface area contributed by atoms with Gasteiger partial charge in [0.05, 0.1) is 6.33 Å². The second-order valence-corrected chi connectivity index (χ2v) is 4.99. The number of aromatic nitrogens is 4. The van der Waals surface area contributed by atoms with Gasteiger partial charge in [-0.05, 0) is 26.4 Å². The van der Waals surface area contributed by atoms with Crippen molar-refractivity contribution in [2.75, 3.05) is 37.8 Å². The molecule has 1 aliphatic rings. The summed E-state index contributed by atoms with van der Waals surface area (Å²) in [4.78, 5) is 18.4. The first kappa shape index (κ1) is 12.2. The summed E-state index contributed by atoms with van der Waals surface area (Å²) in [6.07, 6.45) is 4.03.